The van der Waals surface area contributed by atoms with Gasteiger partial charge in [0.05, 0.1) is 6.61 Å². The molecule has 2 rings (SSSR count). The average molecular weight is 305 g/mol. The Hall–Kier alpha value is -0.620. The highest BCUT2D eigenvalue weighted by atomic mass is 35.5. The lowest BCUT2D eigenvalue weighted by Crippen LogP contribution is -2.49. The molecule has 1 fully saturated rings. The SMILES string of the molecule is CC(C)(CNC(=O)C1CNCCO1)c1cccs1.Cl. The first-order chi connectivity index (χ1) is 8.59. The Balaban J connectivity index is 0.00000180. The topological polar surface area (TPSA) is 50.4 Å². The second-order valence-corrected chi connectivity index (χ2v) is 6.09. The Bertz CT molecular complexity index is 389. The normalized spacial score (nSPS) is 19.6. The van der Waals surface area contributed by atoms with Crippen LogP contribution in [-0.4, -0.2) is 38.3 Å². The quantitative estimate of drug-likeness (QED) is 0.887. The monoisotopic (exact) mass is 304 g/mol. The van der Waals surface area contributed by atoms with E-state index in [1.807, 2.05) is 6.07 Å². The highest BCUT2D eigenvalue weighted by Crippen LogP contribution is 2.26. The molecule has 1 unspecified atom stereocenters. The van der Waals surface area contributed by atoms with Gasteiger partial charge in [0.15, 0.2) is 0 Å². The van der Waals surface area contributed by atoms with Gasteiger partial charge in [-0.15, -0.1) is 23.7 Å². The number of carbonyl (C=O) groups is 1. The first kappa shape index (κ1) is 16.4. The lowest BCUT2D eigenvalue weighted by Gasteiger charge is -2.27. The Kier molecular flexibility index (Phi) is 6.26. The Labute approximate surface area is 124 Å². The van der Waals surface area contributed by atoms with E-state index in [-0.39, 0.29) is 29.8 Å². The smallest absolute Gasteiger partial charge is 0.250 e. The van der Waals surface area contributed by atoms with E-state index < -0.39 is 0 Å². The Morgan fingerprint density at radius 3 is 3.00 bits per heavy atom. The van der Waals surface area contributed by atoms with Crippen molar-refractivity contribution in [3.63, 3.8) is 0 Å². The summed E-state index contributed by atoms with van der Waals surface area (Å²) in [6.07, 6.45) is -0.349. The second kappa shape index (κ2) is 7.24. The van der Waals surface area contributed by atoms with E-state index in [0.717, 1.165) is 6.54 Å². The molecule has 0 radical (unpaired) electrons. The zero-order chi connectivity index (χ0) is 13.0. The molecule has 0 aromatic carbocycles. The molecular formula is C13H21ClN2O2S. The zero-order valence-electron chi connectivity index (χ0n) is 11.3. The van der Waals surface area contributed by atoms with E-state index >= 15 is 0 Å². The number of nitrogens with one attached hydrogen (secondary N) is 2. The molecule has 0 saturated carbocycles. The van der Waals surface area contributed by atoms with Crippen molar-refractivity contribution in [2.45, 2.75) is 25.4 Å². The summed E-state index contributed by atoms with van der Waals surface area (Å²) in [6.45, 7) is 6.94. The predicted molar refractivity (Wildman–Crippen MR) is 80.2 cm³/mol. The number of hydrogen-bond acceptors (Lipinski definition) is 4. The molecule has 1 amide bonds. The standard InChI is InChI=1S/C13H20N2O2S.ClH/c1-13(2,11-4-3-7-18-11)9-15-12(16)10-8-14-5-6-17-10;/h3-4,7,10,14H,5-6,8-9H2,1-2H3,(H,15,16);1H. The van der Waals surface area contributed by atoms with Crippen molar-refractivity contribution in [2.75, 3.05) is 26.2 Å². The van der Waals surface area contributed by atoms with Crippen LogP contribution in [0.25, 0.3) is 0 Å². The number of rotatable bonds is 4. The van der Waals surface area contributed by atoms with E-state index in [4.69, 9.17) is 4.74 Å². The zero-order valence-corrected chi connectivity index (χ0v) is 12.9. The van der Waals surface area contributed by atoms with Gasteiger partial charge in [-0.2, -0.15) is 0 Å². The van der Waals surface area contributed by atoms with Gasteiger partial charge in [0, 0.05) is 29.9 Å². The van der Waals surface area contributed by atoms with Crippen molar-refractivity contribution >= 4 is 29.7 Å². The third kappa shape index (κ3) is 4.45. The first-order valence-electron chi connectivity index (χ1n) is 6.23. The van der Waals surface area contributed by atoms with Crippen LogP contribution in [0.4, 0.5) is 0 Å². The minimum atomic E-state index is -0.349. The van der Waals surface area contributed by atoms with Crippen LogP contribution in [-0.2, 0) is 14.9 Å². The summed E-state index contributed by atoms with van der Waals surface area (Å²) in [5.41, 5.74) is -0.0358. The van der Waals surface area contributed by atoms with Crippen LogP contribution in [0.1, 0.15) is 18.7 Å². The number of ether oxygens (including phenoxy) is 1. The van der Waals surface area contributed by atoms with Crippen LogP contribution in [0, 0.1) is 0 Å². The van der Waals surface area contributed by atoms with Gasteiger partial charge in [0.25, 0.3) is 0 Å². The molecule has 1 aliphatic heterocycles. The van der Waals surface area contributed by atoms with Crippen molar-refractivity contribution in [3.05, 3.63) is 22.4 Å². The van der Waals surface area contributed by atoms with Crippen molar-refractivity contribution < 1.29 is 9.53 Å². The summed E-state index contributed by atoms with van der Waals surface area (Å²) < 4.78 is 5.42. The molecule has 6 heteroatoms. The van der Waals surface area contributed by atoms with Gasteiger partial charge >= 0.3 is 0 Å². The minimum absolute atomic E-state index is 0. The molecule has 2 heterocycles. The van der Waals surface area contributed by atoms with Crippen LogP contribution in [0.2, 0.25) is 0 Å². The summed E-state index contributed by atoms with van der Waals surface area (Å²) in [5, 5.41) is 8.20. The van der Waals surface area contributed by atoms with Crippen LogP contribution in [0.5, 0.6) is 0 Å². The third-order valence-corrected chi connectivity index (χ3v) is 4.35. The number of hydrogen-bond donors (Lipinski definition) is 2. The molecule has 4 nitrogen and oxygen atoms in total. The van der Waals surface area contributed by atoms with Crippen LogP contribution < -0.4 is 10.6 Å². The highest BCUT2D eigenvalue weighted by molar-refractivity contribution is 7.10. The largest absolute Gasteiger partial charge is 0.366 e. The molecule has 1 aliphatic rings. The molecule has 0 aliphatic carbocycles. The van der Waals surface area contributed by atoms with E-state index in [1.165, 1.54) is 4.88 Å². The van der Waals surface area contributed by atoms with Gasteiger partial charge in [-0.1, -0.05) is 19.9 Å². The second-order valence-electron chi connectivity index (χ2n) is 5.14. The molecule has 2 N–H and O–H groups in total. The summed E-state index contributed by atoms with van der Waals surface area (Å²) in [7, 11) is 0. The molecule has 0 bridgehead atoms. The molecule has 108 valence electrons. The lowest BCUT2D eigenvalue weighted by molar-refractivity contribution is -0.134. The first-order valence-corrected chi connectivity index (χ1v) is 7.11. The summed E-state index contributed by atoms with van der Waals surface area (Å²) in [4.78, 5) is 13.2. The molecule has 1 aromatic heterocycles. The van der Waals surface area contributed by atoms with E-state index in [0.29, 0.717) is 19.7 Å². The fourth-order valence-corrected chi connectivity index (χ4v) is 2.76. The van der Waals surface area contributed by atoms with Crippen LogP contribution >= 0.6 is 23.7 Å². The van der Waals surface area contributed by atoms with Gasteiger partial charge < -0.3 is 15.4 Å². The molecule has 1 saturated heterocycles. The third-order valence-electron chi connectivity index (χ3n) is 3.11. The van der Waals surface area contributed by atoms with Crippen LogP contribution in [0.3, 0.4) is 0 Å². The molecule has 1 atom stereocenters. The maximum Gasteiger partial charge on any atom is 0.250 e. The number of amides is 1. The molecule has 19 heavy (non-hydrogen) atoms. The molecular weight excluding hydrogens is 284 g/mol. The fraction of sp³-hybridized carbons (Fsp3) is 0.615. The van der Waals surface area contributed by atoms with Gasteiger partial charge in [0.2, 0.25) is 5.91 Å². The molecule has 1 aromatic rings. The number of halogens is 1. The maximum absolute atomic E-state index is 11.9. The maximum atomic E-state index is 11.9. The fourth-order valence-electron chi connectivity index (χ4n) is 1.91. The average Bonchev–Trinajstić information content (AvgIpc) is 2.92. The number of thiophene rings is 1. The van der Waals surface area contributed by atoms with Crippen LogP contribution in [0.15, 0.2) is 17.5 Å². The molecule has 0 spiro atoms. The summed E-state index contributed by atoms with van der Waals surface area (Å²) in [6, 6.07) is 4.15. The van der Waals surface area contributed by atoms with Crippen molar-refractivity contribution in [2.24, 2.45) is 0 Å². The summed E-state index contributed by atoms with van der Waals surface area (Å²) in [5.74, 6) is -0.0215. The van der Waals surface area contributed by atoms with Gasteiger partial charge in [0.1, 0.15) is 6.10 Å². The van der Waals surface area contributed by atoms with Gasteiger partial charge in [-0.05, 0) is 11.4 Å². The van der Waals surface area contributed by atoms with Gasteiger partial charge in [-0.25, -0.2) is 0 Å². The van der Waals surface area contributed by atoms with Crippen molar-refractivity contribution in [1.82, 2.24) is 10.6 Å². The summed E-state index contributed by atoms with van der Waals surface area (Å²) >= 11 is 1.72. The lowest BCUT2D eigenvalue weighted by atomic mass is 9.91. The van der Waals surface area contributed by atoms with Gasteiger partial charge in [-0.3, -0.25) is 4.79 Å². The predicted octanol–water partition coefficient (Wildman–Crippen LogP) is 1.55. The van der Waals surface area contributed by atoms with E-state index in [1.54, 1.807) is 11.3 Å². The Morgan fingerprint density at radius 2 is 2.42 bits per heavy atom. The van der Waals surface area contributed by atoms with E-state index in [2.05, 4.69) is 35.9 Å². The Morgan fingerprint density at radius 1 is 1.63 bits per heavy atom. The van der Waals surface area contributed by atoms with Crippen molar-refractivity contribution in [3.8, 4) is 0 Å². The minimum Gasteiger partial charge on any atom is -0.366 e. The number of carbonyl (C=O) groups excluding carboxylic acids is 1. The van der Waals surface area contributed by atoms with E-state index in [9.17, 15) is 4.79 Å². The number of morpholine rings is 1. The highest BCUT2D eigenvalue weighted by Gasteiger charge is 2.26. The van der Waals surface area contributed by atoms with Crippen molar-refractivity contribution in [1.29, 1.82) is 0 Å².